The van der Waals surface area contributed by atoms with Crippen molar-refractivity contribution >= 4 is 40.4 Å². The number of aromatic nitrogens is 1. The lowest BCUT2D eigenvalue weighted by atomic mass is 9.80. The molecule has 1 aromatic carbocycles. The van der Waals surface area contributed by atoms with Gasteiger partial charge in [-0.2, -0.15) is 0 Å². The molecule has 1 unspecified atom stereocenters. The van der Waals surface area contributed by atoms with Crippen molar-refractivity contribution in [3.63, 3.8) is 0 Å². The zero-order chi connectivity index (χ0) is 22.0. The van der Waals surface area contributed by atoms with E-state index in [9.17, 15) is 9.59 Å². The molecule has 1 aromatic heterocycles. The third-order valence-electron chi connectivity index (χ3n) is 6.63. The maximum absolute atomic E-state index is 13.2. The van der Waals surface area contributed by atoms with Crippen molar-refractivity contribution in [3.8, 4) is 0 Å². The van der Waals surface area contributed by atoms with Crippen LogP contribution in [-0.2, 0) is 27.8 Å². The van der Waals surface area contributed by atoms with Crippen LogP contribution in [0.4, 0.5) is 5.69 Å². The van der Waals surface area contributed by atoms with Crippen molar-refractivity contribution in [1.29, 1.82) is 0 Å². The molecule has 1 fully saturated rings. The molecule has 31 heavy (non-hydrogen) atoms. The van der Waals surface area contributed by atoms with E-state index in [0.29, 0.717) is 17.4 Å². The molecule has 0 radical (unpaired) electrons. The van der Waals surface area contributed by atoms with Gasteiger partial charge in [-0.1, -0.05) is 49.9 Å². The Balaban J connectivity index is 1.60. The van der Waals surface area contributed by atoms with Gasteiger partial charge in [-0.3, -0.25) is 9.59 Å². The van der Waals surface area contributed by atoms with Crippen LogP contribution in [0.15, 0.2) is 24.4 Å². The normalized spacial score (nSPS) is 20.0. The second kappa shape index (κ2) is 9.29. The van der Waals surface area contributed by atoms with E-state index in [1.165, 1.54) is 48.1 Å². The number of amides is 2. The first kappa shape index (κ1) is 22.3. The van der Waals surface area contributed by atoms with Gasteiger partial charge in [-0.25, -0.2) is 4.98 Å². The van der Waals surface area contributed by atoms with E-state index in [1.807, 2.05) is 9.80 Å². The van der Waals surface area contributed by atoms with Gasteiger partial charge >= 0.3 is 0 Å². The third-order valence-corrected chi connectivity index (χ3v) is 7.75. The summed E-state index contributed by atoms with van der Waals surface area (Å²) in [6, 6.07) is 6.59. The summed E-state index contributed by atoms with van der Waals surface area (Å²) in [5.74, 6) is 0.150. The smallest absolute Gasteiger partial charge is 0.233 e. The van der Waals surface area contributed by atoms with E-state index in [2.05, 4.69) is 30.1 Å². The molecule has 7 heteroatoms. The number of halogens is 1. The number of rotatable bonds is 7. The number of benzene rings is 1. The van der Waals surface area contributed by atoms with Crippen LogP contribution in [0, 0.1) is 0 Å². The lowest BCUT2D eigenvalue weighted by Gasteiger charge is -2.25. The van der Waals surface area contributed by atoms with Crippen molar-refractivity contribution in [2.75, 3.05) is 24.5 Å². The van der Waals surface area contributed by atoms with Crippen molar-refractivity contribution in [2.45, 2.75) is 64.2 Å². The molecular weight excluding hydrogens is 430 g/mol. The summed E-state index contributed by atoms with van der Waals surface area (Å²) < 4.78 is 0.599. The summed E-state index contributed by atoms with van der Waals surface area (Å²) in [4.78, 5) is 33.4. The topological polar surface area (TPSA) is 53.5 Å². The average Bonchev–Trinajstić information content (AvgIpc) is 3.44. The molecule has 1 atom stereocenters. The number of fused-ring (bicyclic) bond motifs is 2. The van der Waals surface area contributed by atoms with Gasteiger partial charge in [-0.15, -0.1) is 11.3 Å². The highest BCUT2D eigenvalue weighted by Gasteiger charge is 2.49. The Kier molecular flexibility index (Phi) is 6.68. The lowest BCUT2D eigenvalue weighted by molar-refractivity contribution is -0.127. The fourth-order valence-corrected chi connectivity index (χ4v) is 5.88. The van der Waals surface area contributed by atoms with E-state index in [1.54, 1.807) is 13.1 Å². The molecule has 166 valence electrons. The monoisotopic (exact) mass is 459 g/mol. The fourth-order valence-electron chi connectivity index (χ4n) is 4.93. The molecule has 0 saturated carbocycles. The van der Waals surface area contributed by atoms with Crippen LogP contribution in [0.3, 0.4) is 0 Å². The Morgan fingerprint density at radius 1 is 1.23 bits per heavy atom. The van der Waals surface area contributed by atoms with Gasteiger partial charge in [0.25, 0.3) is 0 Å². The molecule has 0 N–H and O–H groups in total. The largest absolute Gasteiger partial charge is 0.342 e. The van der Waals surface area contributed by atoms with Crippen molar-refractivity contribution in [3.05, 3.63) is 44.9 Å². The predicted molar refractivity (Wildman–Crippen MR) is 126 cm³/mol. The van der Waals surface area contributed by atoms with E-state index < -0.39 is 0 Å². The van der Waals surface area contributed by atoms with E-state index in [0.717, 1.165) is 30.1 Å². The Morgan fingerprint density at radius 3 is 2.74 bits per heavy atom. The van der Waals surface area contributed by atoms with Crippen LogP contribution in [0.25, 0.3) is 0 Å². The molecule has 1 saturated heterocycles. The zero-order valence-electron chi connectivity index (χ0n) is 18.3. The molecule has 0 aliphatic carbocycles. The lowest BCUT2D eigenvalue weighted by Crippen LogP contribution is -2.40. The molecule has 0 bridgehead atoms. The second-order valence-corrected chi connectivity index (χ2v) is 10.6. The first-order chi connectivity index (χ1) is 14.9. The Hall–Kier alpha value is -1.92. The molecule has 2 aromatic rings. The number of carbonyl (C=O) groups is 2. The fraction of sp³-hybridized carbons (Fsp3) is 0.542. The van der Waals surface area contributed by atoms with E-state index >= 15 is 0 Å². The zero-order valence-corrected chi connectivity index (χ0v) is 19.9. The maximum Gasteiger partial charge on any atom is 0.233 e. The molecule has 2 aliphatic rings. The first-order valence-corrected chi connectivity index (χ1v) is 12.4. The summed E-state index contributed by atoms with van der Waals surface area (Å²) in [6.07, 6.45) is 8.74. The number of likely N-dealkylation sites (tertiary alicyclic amines) is 1. The quantitative estimate of drug-likeness (QED) is 0.547. The summed E-state index contributed by atoms with van der Waals surface area (Å²) in [6.45, 7) is 5.92. The molecule has 5 nitrogen and oxygen atoms in total. The van der Waals surface area contributed by atoms with Gasteiger partial charge in [0.2, 0.25) is 11.8 Å². The molecule has 4 rings (SSSR count). The van der Waals surface area contributed by atoms with Gasteiger partial charge < -0.3 is 9.80 Å². The highest BCUT2D eigenvalue weighted by molar-refractivity contribution is 7.15. The highest BCUT2D eigenvalue weighted by Crippen LogP contribution is 2.47. The van der Waals surface area contributed by atoms with Gasteiger partial charge in [0.05, 0.1) is 12.6 Å². The number of anilines is 1. The summed E-state index contributed by atoms with van der Waals surface area (Å²) in [5.41, 5.74) is 3.39. The minimum Gasteiger partial charge on any atom is -0.342 e. The van der Waals surface area contributed by atoms with Crippen LogP contribution in [0.5, 0.6) is 0 Å². The average molecular weight is 460 g/mol. The van der Waals surface area contributed by atoms with Crippen molar-refractivity contribution in [2.24, 2.45) is 0 Å². The number of thiazole rings is 1. The third kappa shape index (κ3) is 4.65. The van der Waals surface area contributed by atoms with Crippen molar-refractivity contribution in [1.82, 2.24) is 9.88 Å². The SMILES string of the molecule is CCCCCCc1ccc2c(c1)C1(CCN(C(C)=O)C1)CN2C(=O)Cc1ncc(Cl)s1. The van der Waals surface area contributed by atoms with E-state index in [4.69, 9.17) is 11.6 Å². The number of hydrogen-bond acceptors (Lipinski definition) is 4. The molecule has 1 spiro atoms. The second-order valence-electron chi connectivity index (χ2n) is 8.85. The molecule has 3 heterocycles. The Morgan fingerprint density at radius 2 is 2.06 bits per heavy atom. The van der Waals surface area contributed by atoms with Crippen LogP contribution in [-0.4, -0.2) is 41.3 Å². The molecular formula is C24H30ClN3O2S. The van der Waals surface area contributed by atoms with Crippen LogP contribution in [0.2, 0.25) is 4.34 Å². The molecule has 2 amide bonds. The number of hydrogen-bond donors (Lipinski definition) is 0. The standard InChI is InChI=1S/C24H30ClN3O2S/c1-3-4-5-6-7-18-8-9-20-19(12-18)24(10-11-27(15-24)17(2)29)16-28(20)23(30)13-22-26-14-21(25)31-22/h8-9,12,14H,3-7,10-11,13,15-16H2,1-2H3. The van der Waals surface area contributed by atoms with Gasteiger partial charge in [0.1, 0.15) is 9.34 Å². The van der Waals surface area contributed by atoms with Crippen LogP contribution < -0.4 is 4.90 Å². The number of unbranched alkanes of at least 4 members (excludes halogenated alkanes) is 3. The minimum atomic E-state index is -0.170. The van der Waals surface area contributed by atoms with Crippen LogP contribution in [0.1, 0.15) is 62.1 Å². The molecule has 2 aliphatic heterocycles. The summed E-state index contributed by atoms with van der Waals surface area (Å²) in [5, 5.41) is 0.738. The predicted octanol–water partition coefficient (Wildman–Crippen LogP) is 5.00. The van der Waals surface area contributed by atoms with Crippen molar-refractivity contribution < 1.29 is 9.59 Å². The number of aryl methyl sites for hydroxylation is 1. The number of nitrogens with zero attached hydrogens (tertiary/aromatic N) is 3. The summed E-state index contributed by atoms with van der Waals surface area (Å²) in [7, 11) is 0. The minimum absolute atomic E-state index is 0.0427. The van der Waals surface area contributed by atoms with Gasteiger partial charge in [0.15, 0.2) is 0 Å². The Labute approximate surface area is 193 Å². The Bertz CT molecular complexity index is 975. The van der Waals surface area contributed by atoms with Gasteiger partial charge in [-0.05, 0) is 36.5 Å². The highest BCUT2D eigenvalue weighted by atomic mass is 35.5. The van der Waals surface area contributed by atoms with Crippen LogP contribution >= 0.6 is 22.9 Å². The number of carbonyl (C=O) groups excluding carboxylic acids is 2. The maximum atomic E-state index is 13.2. The van der Waals surface area contributed by atoms with E-state index in [-0.39, 0.29) is 23.7 Å². The van der Waals surface area contributed by atoms with Gasteiger partial charge in [0, 0.05) is 37.7 Å². The summed E-state index contributed by atoms with van der Waals surface area (Å²) >= 11 is 7.35. The first-order valence-electron chi connectivity index (χ1n) is 11.2.